The third kappa shape index (κ3) is 3.67. The molecule has 1 aliphatic heterocycles. The molecule has 19 heavy (non-hydrogen) atoms. The number of hydrogen-bond acceptors (Lipinski definition) is 4. The van der Waals surface area contributed by atoms with E-state index in [4.69, 9.17) is 4.74 Å². The SMILES string of the molecule is COC(=O)c1cc(NCC2CCOCC2)ccc1F. The predicted molar refractivity (Wildman–Crippen MR) is 69.8 cm³/mol. The van der Waals surface area contributed by atoms with E-state index in [0.29, 0.717) is 5.92 Å². The first kappa shape index (κ1) is 13.8. The van der Waals surface area contributed by atoms with Crippen molar-refractivity contribution >= 4 is 11.7 Å². The summed E-state index contributed by atoms with van der Waals surface area (Å²) in [6, 6.07) is 4.39. The molecule has 0 spiro atoms. The van der Waals surface area contributed by atoms with E-state index >= 15 is 0 Å². The Morgan fingerprint density at radius 2 is 2.21 bits per heavy atom. The minimum absolute atomic E-state index is 0.0422. The van der Waals surface area contributed by atoms with Gasteiger partial charge in [0.1, 0.15) is 5.82 Å². The lowest BCUT2D eigenvalue weighted by Crippen LogP contribution is -2.22. The molecule has 0 bridgehead atoms. The summed E-state index contributed by atoms with van der Waals surface area (Å²) in [5.41, 5.74) is 0.688. The van der Waals surface area contributed by atoms with Crippen LogP contribution < -0.4 is 5.32 Å². The van der Waals surface area contributed by atoms with Gasteiger partial charge in [-0.3, -0.25) is 0 Å². The number of methoxy groups -OCH3 is 1. The molecule has 2 rings (SSSR count). The Balaban J connectivity index is 1.98. The fourth-order valence-corrected chi connectivity index (χ4v) is 2.11. The van der Waals surface area contributed by atoms with Crippen molar-refractivity contribution in [1.29, 1.82) is 0 Å². The summed E-state index contributed by atoms with van der Waals surface area (Å²) in [6.45, 7) is 2.39. The van der Waals surface area contributed by atoms with Gasteiger partial charge in [-0.15, -0.1) is 0 Å². The molecule has 1 heterocycles. The number of hydrogen-bond donors (Lipinski definition) is 1. The van der Waals surface area contributed by atoms with E-state index in [-0.39, 0.29) is 5.56 Å². The number of ether oxygens (including phenoxy) is 2. The fraction of sp³-hybridized carbons (Fsp3) is 0.500. The van der Waals surface area contributed by atoms with Crippen molar-refractivity contribution in [2.75, 3.05) is 32.2 Å². The van der Waals surface area contributed by atoms with Crippen LogP contribution in [-0.2, 0) is 9.47 Å². The average molecular weight is 267 g/mol. The molecule has 1 aromatic rings. The van der Waals surface area contributed by atoms with E-state index in [1.807, 2.05) is 0 Å². The molecule has 4 nitrogen and oxygen atoms in total. The van der Waals surface area contributed by atoms with E-state index in [1.165, 1.54) is 19.2 Å². The van der Waals surface area contributed by atoms with Crippen LogP contribution in [0, 0.1) is 11.7 Å². The van der Waals surface area contributed by atoms with Gasteiger partial charge in [0, 0.05) is 25.4 Å². The van der Waals surface area contributed by atoms with Gasteiger partial charge in [-0.2, -0.15) is 0 Å². The highest BCUT2D eigenvalue weighted by atomic mass is 19.1. The maximum absolute atomic E-state index is 13.5. The van der Waals surface area contributed by atoms with Gasteiger partial charge in [0.15, 0.2) is 0 Å². The molecule has 0 amide bonds. The van der Waals surface area contributed by atoms with Crippen LogP contribution in [0.5, 0.6) is 0 Å². The zero-order valence-electron chi connectivity index (χ0n) is 10.9. The molecule has 5 heteroatoms. The lowest BCUT2D eigenvalue weighted by atomic mass is 10.0. The highest BCUT2D eigenvalue weighted by molar-refractivity contribution is 5.90. The number of carbonyl (C=O) groups is 1. The largest absolute Gasteiger partial charge is 0.465 e. The Morgan fingerprint density at radius 3 is 2.89 bits per heavy atom. The molecule has 0 radical (unpaired) electrons. The van der Waals surface area contributed by atoms with Crippen LogP contribution in [0.25, 0.3) is 0 Å². The lowest BCUT2D eigenvalue weighted by Gasteiger charge is -2.22. The molecule has 1 aliphatic rings. The van der Waals surface area contributed by atoms with Gasteiger partial charge in [0.2, 0.25) is 0 Å². The number of anilines is 1. The summed E-state index contributed by atoms with van der Waals surface area (Å²) in [5.74, 6) is -0.670. The summed E-state index contributed by atoms with van der Waals surface area (Å²) in [4.78, 5) is 11.4. The first-order valence-electron chi connectivity index (χ1n) is 6.40. The van der Waals surface area contributed by atoms with Crippen molar-refractivity contribution in [3.05, 3.63) is 29.6 Å². The van der Waals surface area contributed by atoms with Crippen molar-refractivity contribution < 1.29 is 18.7 Å². The van der Waals surface area contributed by atoms with E-state index in [0.717, 1.165) is 38.3 Å². The van der Waals surface area contributed by atoms with E-state index < -0.39 is 11.8 Å². The predicted octanol–water partition coefficient (Wildman–Crippen LogP) is 2.45. The van der Waals surface area contributed by atoms with E-state index in [2.05, 4.69) is 10.1 Å². The summed E-state index contributed by atoms with van der Waals surface area (Å²) in [6.07, 6.45) is 2.05. The number of esters is 1. The molecule has 0 aliphatic carbocycles. The third-order valence-electron chi connectivity index (χ3n) is 3.31. The van der Waals surface area contributed by atoms with Crippen molar-refractivity contribution in [1.82, 2.24) is 0 Å². The van der Waals surface area contributed by atoms with Gasteiger partial charge >= 0.3 is 5.97 Å². The molecule has 1 fully saturated rings. The Morgan fingerprint density at radius 1 is 1.47 bits per heavy atom. The maximum atomic E-state index is 13.5. The first-order valence-corrected chi connectivity index (χ1v) is 6.40. The minimum Gasteiger partial charge on any atom is -0.465 e. The normalized spacial score (nSPS) is 16.1. The number of carbonyl (C=O) groups excluding carboxylic acids is 1. The number of rotatable bonds is 4. The van der Waals surface area contributed by atoms with Crippen LogP contribution in [0.2, 0.25) is 0 Å². The monoisotopic (exact) mass is 267 g/mol. The standard InChI is InChI=1S/C14H18FNO3/c1-18-14(17)12-8-11(2-3-13(12)15)16-9-10-4-6-19-7-5-10/h2-3,8,10,16H,4-7,9H2,1H3. The minimum atomic E-state index is -0.660. The van der Waals surface area contributed by atoms with E-state index in [1.54, 1.807) is 6.07 Å². The maximum Gasteiger partial charge on any atom is 0.340 e. The highest BCUT2D eigenvalue weighted by Crippen LogP contribution is 2.19. The van der Waals surface area contributed by atoms with Gasteiger partial charge in [0.05, 0.1) is 12.7 Å². The third-order valence-corrected chi connectivity index (χ3v) is 3.31. The smallest absolute Gasteiger partial charge is 0.340 e. The fourth-order valence-electron chi connectivity index (χ4n) is 2.11. The molecule has 1 N–H and O–H groups in total. The molecular weight excluding hydrogens is 249 g/mol. The molecule has 1 aromatic carbocycles. The summed E-state index contributed by atoms with van der Waals surface area (Å²) < 4.78 is 23.3. The topological polar surface area (TPSA) is 47.6 Å². The average Bonchev–Trinajstić information content (AvgIpc) is 2.46. The van der Waals surface area contributed by atoms with Crippen molar-refractivity contribution in [3.8, 4) is 0 Å². The summed E-state index contributed by atoms with van der Waals surface area (Å²) in [7, 11) is 1.24. The van der Waals surface area contributed by atoms with Crippen molar-refractivity contribution in [2.45, 2.75) is 12.8 Å². The summed E-state index contributed by atoms with van der Waals surface area (Å²) >= 11 is 0. The van der Waals surface area contributed by atoms with Crippen LogP contribution in [-0.4, -0.2) is 32.8 Å². The van der Waals surface area contributed by atoms with Gasteiger partial charge < -0.3 is 14.8 Å². The quantitative estimate of drug-likeness (QED) is 0.851. The van der Waals surface area contributed by atoms with Crippen molar-refractivity contribution in [3.63, 3.8) is 0 Å². The molecule has 0 unspecified atom stereocenters. The zero-order chi connectivity index (χ0) is 13.7. The molecule has 1 saturated heterocycles. The first-order chi connectivity index (χ1) is 9.20. The molecule has 0 saturated carbocycles. The zero-order valence-corrected chi connectivity index (χ0v) is 10.9. The van der Waals surface area contributed by atoms with E-state index in [9.17, 15) is 9.18 Å². The number of benzene rings is 1. The van der Waals surface area contributed by atoms with Crippen LogP contribution in [0.3, 0.4) is 0 Å². The second kappa shape index (κ2) is 6.52. The van der Waals surface area contributed by atoms with Crippen LogP contribution in [0.4, 0.5) is 10.1 Å². The second-order valence-electron chi connectivity index (χ2n) is 4.62. The lowest BCUT2D eigenvalue weighted by molar-refractivity contribution is 0.0595. The van der Waals surface area contributed by atoms with Crippen molar-refractivity contribution in [2.24, 2.45) is 5.92 Å². The highest BCUT2D eigenvalue weighted by Gasteiger charge is 2.15. The molecule has 0 atom stereocenters. The van der Waals surface area contributed by atoms with Crippen LogP contribution >= 0.6 is 0 Å². The number of halogens is 1. The Kier molecular flexibility index (Phi) is 4.74. The second-order valence-corrected chi connectivity index (χ2v) is 4.62. The molecular formula is C14H18FNO3. The van der Waals surface area contributed by atoms with Gasteiger partial charge in [-0.25, -0.2) is 9.18 Å². The Hall–Kier alpha value is -1.62. The van der Waals surface area contributed by atoms with Gasteiger partial charge in [0.25, 0.3) is 0 Å². The molecule has 0 aromatic heterocycles. The van der Waals surface area contributed by atoms with Crippen LogP contribution in [0.1, 0.15) is 23.2 Å². The van der Waals surface area contributed by atoms with Crippen LogP contribution in [0.15, 0.2) is 18.2 Å². The summed E-state index contributed by atoms with van der Waals surface area (Å²) in [5, 5.41) is 3.23. The Bertz CT molecular complexity index is 444. The number of nitrogens with one attached hydrogen (secondary N) is 1. The Labute approximate surface area is 111 Å². The molecule has 104 valence electrons. The van der Waals surface area contributed by atoms with Gasteiger partial charge in [-0.05, 0) is 37.0 Å². The van der Waals surface area contributed by atoms with Gasteiger partial charge in [-0.1, -0.05) is 0 Å².